The molecule has 0 spiro atoms. The molecule has 0 aromatic heterocycles. The highest BCUT2D eigenvalue weighted by molar-refractivity contribution is 5.43. The summed E-state index contributed by atoms with van der Waals surface area (Å²) in [6.07, 6.45) is 3.80. The highest BCUT2D eigenvalue weighted by atomic mass is 16.5. The van der Waals surface area contributed by atoms with E-state index in [0.717, 1.165) is 5.69 Å². The van der Waals surface area contributed by atoms with E-state index in [4.69, 9.17) is 0 Å². The predicted octanol–water partition coefficient (Wildman–Crippen LogP) is 2.46. The third-order valence-corrected chi connectivity index (χ3v) is 1.57. The quantitative estimate of drug-likeness (QED) is 0.546. The molecule has 0 radical (unpaired) electrons. The van der Waals surface area contributed by atoms with Crippen LogP contribution in [-0.2, 0) is 0 Å². The standard InChI is InChI=1S/C10H13NO/c1-2-3-9-11(12)10-7-5-4-6-8-10/h2-8,12H,9H2,1H3. The van der Waals surface area contributed by atoms with Gasteiger partial charge in [0.25, 0.3) is 0 Å². The minimum absolute atomic E-state index is 0.528. The van der Waals surface area contributed by atoms with Crippen molar-refractivity contribution in [3.8, 4) is 0 Å². The van der Waals surface area contributed by atoms with Gasteiger partial charge in [0.1, 0.15) is 0 Å². The molecule has 0 aliphatic carbocycles. The Balaban J connectivity index is 2.59. The van der Waals surface area contributed by atoms with Gasteiger partial charge >= 0.3 is 0 Å². The van der Waals surface area contributed by atoms with E-state index in [1.165, 1.54) is 5.06 Å². The van der Waals surface area contributed by atoms with Crippen LogP contribution >= 0.6 is 0 Å². The molecule has 0 fully saturated rings. The predicted molar refractivity (Wildman–Crippen MR) is 50.4 cm³/mol. The second kappa shape index (κ2) is 4.57. The average Bonchev–Trinajstić information content (AvgIpc) is 2.15. The van der Waals surface area contributed by atoms with Crippen LogP contribution in [0.25, 0.3) is 0 Å². The lowest BCUT2D eigenvalue weighted by Gasteiger charge is -2.13. The Morgan fingerprint density at radius 2 is 2.00 bits per heavy atom. The molecule has 1 aromatic carbocycles. The molecule has 0 aliphatic rings. The van der Waals surface area contributed by atoms with Gasteiger partial charge in [-0.05, 0) is 19.1 Å². The van der Waals surface area contributed by atoms with Crippen molar-refractivity contribution in [2.75, 3.05) is 11.6 Å². The van der Waals surface area contributed by atoms with Gasteiger partial charge in [-0.15, -0.1) is 0 Å². The Kier molecular flexibility index (Phi) is 3.35. The van der Waals surface area contributed by atoms with Gasteiger partial charge in [0.15, 0.2) is 0 Å². The number of para-hydroxylation sites is 1. The Bertz CT molecular complexity index is 243. The first-order chi connectivity index (χ1) is 5.84. The number of benzene rings is 1. The zero-order valence-corrected chi connectivity index (χ0v) is 7.14. The summed E-state index contributed by atoms with van der Waals surface area (Å²) in [5, 5.41) is 10.6. The Morgan fingerprint density at radius 3 is 2.58 bits per heavy atom. The van der Waals surface area contributed by atoms with Crippen molar-refractivity contribution < 1.29 is 5.21 Å². The zero-order valence-electron chi connectivity index (χ0n) is 7.14. The number of hydroxylamine groups is 1. The fraction of sp³-hybridized carbons (Fsp3) is 0.200. The van der Waals surface area contributed by atoms with Crippen LogP contribution in [0.15, 0.2) is 42.5 Å². The summed E-state index contributed by atoms with van der Waals surface area (Å²) < 4.78 is 0. The van der Waals surface area contributed by atoms with Crippen molar-refractivity contribution in [2.45, 2.75) is 6.92 Å². The van der Waals surface area contributed by atoms with Crippen molar-refractivity contribution in [3.05, 3.63) is 42.5 Å². The summed E-state index contributed by atoms with van der Waals surface area (Å²) in [6, 6.07) is 9.45. The Morgan fingerprint density at radius 1 is 1.33 bits per heavy atom. The number of hydrogen-bond donors (Lipinski definition) is 1. The van der Waals surface area contributed by atoms with Crippen LogP contribution in [0.3, 0.4) is 0 Å². The molecule has 0 bridgehead atoms. The van der Waals surface area contributed by atoms with E-state index in [0.29, 0.717) is 6.54 Å². The van der Waals surface area contributed by atoms with Gasteiger partial charge in [0.05, 0.1) is 12.2 Å². The van der Waals surface area contributed by atoms with Gasteiger partial charge < -0.3 is 0 Å². The summed E-state index contributed by atoms with van der Waals surface area (Å²) in [5.74, 6) is 0. The molecule has 12 heavy (non-hydrogen) atoms. The molecular formula is C10H13NO. The lowest BCUT2D eigenvalue weighted by Crippen LogP contribution is -2.17. The Labute approximate surface area is 72.7 Å². The molecular weight excluding hydrogens is 150 g/mol. The van der Waals surface area contributed by atoms with E-state index in [1.54, 1.807) is 0 Å². The molecule has 0 saturated carbocycles. The van der Waals surface area contributed by atoms with Crippen molar-refractivity contribution in [2.24, 2.45) is 0 Å². The van der Waals surface area contributed by atoms with Crippen molar-refractivity contribution in [3.63, 3.8) is 0 Å². The van der Waals surface area contributed by atoms with Gasteiger partial charge in [0, 0.05) is 0 Å². The monoisotopic (exact) mass is 163 g/mol. The number of hydrogen-bond acceptors (Lipinski definition) is 2. The fourth-order valence-electron chi connectivity index (χ4n) is 0.911. The van der Waals surface area contributed by atoms with Crippen LogP contribution < -0.4 is 5.06 Å². The van der Waals surface area contributed by atoms with Crippen LogP contribution in [0.4, 0.5) is 5.69 Å². The molecule has 0 saturated heterocycles. The van der Waals surface area contributed by atoms with Crippen LogP contribution in [0.2, 0.25) is 0 Å². The third-order valence-electron chi connectivity index (χ3n) is 1.57. The van der Waals surface area contributed by atoms with E-state index >= 15 is 0 Å². The van der Waals surface area contributed by atoms with Crippen LogP contribution in [0.1, 0.15) is 6.92 Å². The molecule has 1 rings (SSSR count). The van der Waals surface area contributed by atoms with E-state index in [-0.39, 0.29) is 0 Å². The molecule has 0 heterocycles. The Hall–Kier alpha value is -1.28. The van der Waals surface area contributed by atoms with Gasteiger partial charge in [0.2, 0.25) is 0 Å². The van der Waals surface area contributed by atoms with Gasteiger partial charge in [-0.1, -0.05) is 30.4 Å². The van der Waals surface area contributed by atoms with E-state index in [2.05, 4.69) is 0 Å². The summed E-state index contributed by atoms with van der Waals surface area (Å²) in [7, 11) is 0. The zero-order chi connectivity index (χ0) is 8.81. The van der Waals surface area contributed by atoms with Gasteiger partial charge in [-0.3, -0.25) is 10.3 Å². The number of allylic oxidation sites excluding steroid dienone is 1. The fourth-order valence-corrected chi connectivity index (χ4v) is 0.911. The maximum absolute atomic E-state index is 9.43. The minimum atomic E-state index is 0.528. The first-order valence-electron chi connectivity index (χ1n) is 3.97. The SMILES string of the molecule is CC=CCN(O)c1ccccc1. The lowest BCUT2D eigenvalue weighted by atomic mass is 10.3. The topological polar surface area (TPSA) is 23.5 Å². The second-order valence-electron chi connectivity index (χ2n) is 2.49. The molecule has 64 valence electrons. The van der Waals surface area contributed by atoms with Crippen LogP contribution in [0, 0.1) is 0 Å². The highest BCUT2D eigenvalue weighted by Crippen LogP contribution is 2.09. The van der Waals surface area contributed by atoms with E-state index in [9.17, 15) is 5.21 Å². The normalized spacial score (nSPS) is 10.5. The molecule has 2 nitrogen and oxygen atoms in total. The largest absolute Gasteiger partial charge is 0.288 e. The van der Waals surface area contributed by atoms with Gasteiger partial charge in [-0.2, -0.15) is 0 Å². The molecule has 0 atom stereocenters. The number of anilines is 1. The first-order valence-corrected chi connectivity index (χ1v) is 3.97. The summed E-state index contributed by atoms with van der Waals surface area (Å²) in [5.41, 5.74) is 0.815. The van der Waals surface area contributed by atoms with Crippen LogP contribution in [-0.4, -0.2) is 11.8 Å². The molecule has 1 N–H and O–H groups in total. The minimum Gasteiger partial charge on any atom is -0.288 e. The number of nitrogens with zero attached hydrogens (tertiary/aromatic N) is 1. The molecule has 0 amide bonds. The third kappa shape index (κ3) is 2.40. The van der Waals surface area contributed by atoms with E-state index < -0.39 is 0 Å². The summed E-state index contributed by atoms with van der Waals surface area (Å²) in [6.45, 7) is 2.46. The molecule has 2 heteroatoms. The van der Waals surface area contributed by atoms with Crippen LogP contribution in [0.5, 0.6) is 0 Å². The van der Waals surface area contributed by atoms with Crippen molar-refractivity contribution >= 4 is 5.69 Å². The van der Waals surface area contributed by atoms with Crippen molar-refractivity contribution in [1.29, 1.82) is 0 Å². The summed E-state index contributed by atoms with van der Waals surface area (Å²) >= 11 is 0. The summed E-state index contributed by atoms with van der Waals surface area (Å²) in [4.78, 5) is 0. The van der Waals surface area contributed by atoms with Gasteiger partial charge in [-0.25, -0.2) is 0 Å². The first kappa shape index (κ1) is 8.81. The molecule has 1 aromatic rings. The van der Waals surface area contributed by atoms with E-state index in [1.807, 2.05) is 49.4 Å². The maximum Gasteiger partial charge on any atom is 0.0637 e. The van der Waals surface area contributed by atoms with Crippen molar-refractivity contribution in [1.82, 2.24) is 0 Å². The maximum atomic E-state index is 9.43. The number of rotatable bonds is 3. The lowest BCUT2D eigenvalue weighted by molar-refractivity contribution is 0.266. The smallest absolute Gasteiger partial charge is 0.0637 e. The molecule has 0 aliphatic heterocycles. The highest BCUT2D eigenvalue weighted by Gasteiger charge is 1.96. The second-order valence-corrected chi connectivity index (χ2v) is 2.49. The average molecular weight is 163 g/mol. The molecule has 0 unspecified atom stereocenters.